The number of sulfonamides is 1. The summed E-state index contributed by atoms with van der Waals surface area (Å²) in [7, 11) is -3.53. The average Bonchev–Trinajstić information content (AvgIpc) is 2.18. The van der Waals surface area contributed by atoms with Crippen LogP contribution in [0.25, 0.3) is 0 Å². The summed E-state index contributed by atoms with van der Waals surface area (Å²) in [6.07, 6.45) is 0. The lowest BCUT2D eigenvalue weighted by Crippen LogP contribution is -2.22. The SMILES string of the molecule is Cc1ccc([N+](=O)[O-])cc1NCCS(N)(=O)=O. The molecular weight excluding hydrogens is 246 g/mol. The smallest absolute Gasteiger partial charge is 0.271 e. The Balaban J connectivity index is 2.76. The lowest BCUT2D eigenvalue weighted by molar-refractivity contribution is -0.384. The molecule has 0 heterocycles. The highest BCUT2D eigenvalue weighted by Crippen LogP contribution is 2.21. The van der Waals surface area contributed by atoms with Gasteiger partial charge in [0.15, 0.2) is 0 Å². The zero-order chi connectivity index (χ0) is 13.1. The molecule has 0 aromatic heterocycles. The molecule has 0 aliphatic carbocycles. The van der Waals surface area contributed by atoms with E-state index in [-0.39, 0.29) is 18.0 Å². The lowest BCUT2D eigenvalue weighted by atomic mass is 10.2. The molecule has 0 radical (unpaired) electrons. The van der Waals surface area contributed by atoms with Crippen LogP contribution in [-0.2, 0) is 10.0 Å². The fraction of sp³-hybridized carbons (Fsp3) is 0.333. The lowest BCUT2D eigenvalue weighted by Gasteiger charge is -2.08. The number of anilines is 1. The van der Waals surface area contributed by atoms with E-state index in [1.165, 1.54) is 12.1 Å². The molecule has 0 spiro atoms. The van der Waals surface area contributed by atoms with Crippen molar-refractivity contribution in [3.63, 3.8) is 0 Å². The van der Waals surface area contributed by atoms with Crippen LogP contribution in [0.5, 0.6) is 0 Å². The van der Waals surface area contributed by atoms with E-state index in [0.29, 0.717) is 5.69 Å². The Hall–Kier alpha value is -1.67. The largest absolute Gasteiger partial charge is 0.384 e. The standard InChI is InChI=1S/C9H13N3O4S/c1-7-2-3-8(12(13)14)6-9(7)11-4-5-17(10,15)16/h2-3,6,11H,4-5H2,1H3,(H2,10,15,16). The normalized spacial score (nSPS) is 11.2. The molecule has 17 heavy (non-hydrogen) atoms. The topological polar surface area (TPSA) is 115 Å². The van der Waals surface area contributed by atoms with Crippen LogP contribution >= 0.6 is 0 Å². The third-order valence-electron chi connectivity index (χ3n) is 2.13. The van der Waals surface area contributed by atoms with Gasteiger partial charge in [0.2, 0.25) is 10.0 Å². The van der Waals surface area contributed by atoms with Crippen LogP contribution in [0.4, 0.5) is 11.4 Å². The van der Waals surface area contributed by atoms with Crippen molar-refractivity contribution in [3.05, 3.63) is 33.9 Å². The first-order valence-electron chi connectivity index (χ1n) is 4.79. The van der Waals surface area contributed by atoms with Crippen molar-refractivity contribution in [1.82, 2.24) is 0 Å². The monoisotopic (exact) mass is 259 g/mol. The molecule has 3 N–H and O–H groups in total. The van der Waals surface area contributed by atoms with E-state index >= 15 is 0 Å². The summed E-state index contributed by atoms with van der Waals surface area (Å²) in [6, 6.07) is 4.34. The van der Waals surface area contributed by atoms with Crippen molar-refractivity contribution in [2.75, 3.05) is 17.6 Å². The summed E-state index contributed by atoms with van der Waals surface area (Å²) in [6.45, 7) is 1.88. The maximum absolute atomic E-state index is 10.7. The number of hydrogen-bond donors (Lipinski definition) is 2. The molecule has 0 saturated carbocycles. The highest BCUT2D eigenvalue weighted by atomic mass is 32.2. The van der Waals surface area contributed by atoms with Gasteiger partial charge in [0.25, 0.3) is 5.69 Å². The molecule has 0 aliphatic heterocycles. The highest BCUT2D eigenvalue weighted by molar-refractivity contribution is 7.89. The summed E-state index contributed by atoms with van der Waals surface area (Å²) in [4.78, 5) is 10.0. The minimum absolute atomic E-state index is 0.0475. The Morgan fingerprint density at radius 1 is 1.47 bits per heavy atom. The summed E-state index contributed by atoms with van der Waals surface area (Å²) >= 11 is 0. The minimum atomic E-state index is -3.53. The molecule has 1 aromatic rings. The molecule has 0 amide bonds. The average molecular weight is 259 g/mol. The minimum Gasteiger partial charge on any atom is -0.384 e. The first-order chi connectivity index (χ1) is 7.79. The van der Waals surface area contributed by atoms with Crippen molar-refractivity contribution in [2.45, 2.75) is 6.92 Å². The van der Waals surface area contributed by atoms with Crippen LogP contribution in [0.1, 0.15) is 5.56 Å². The summed E-state index contributed by atoms with van der Waals surface area (Å²) in [5.41, 5.74) is 1.28. The predicted molar refractivity (Wildman–Crippen MR) is 64.3 cm³/mol. The summed E-state index contributed by atoms with van der Waals surface area (Å²) in [5, 5.41) is 18.2. The number of nitro groups is 1. The third-order valence-corrected chi connectivity index (χ3v) is 2.91. The maximum Gasteiger partial charge on any atom is 0.271 e. The highest BCUT2D eigenvalue weighted by Gasteiger charge is 2.09. The number of non-ortho nitro benzene ring substituents is 1. The second kappa shape index (κ2) is 5.11. The molecule has 0 fully saturated rings. The van der Waals surface area contributed by atoms with Gasteiger partial charge in [-0.15, -0.1) is 0 Å². The van der Waals surface area contributed by atoms with Gasteiger partial charge in [0.1, 0.15) is 0 Å². The summed E-state index contributed by atoms with van der Waals surface area (Å²) in [5.74, 6) is -0.227. The van der Waals surface area contributed by atoms with Crippen LogP contribution in [0.3, 0.4) is 0 Å². The van der Waals surface area contributed by atoms with E-state index in [2.05, 4.69) is 5.32 Å². The van der Waals surface area contributed by atoms with Crippen molar-refractivity contribution in [3.8, 4) is 0 Å². The van der Waals surface area contributed by atoms with Gasteiger partial charge < -0.3 is 5.32 Å². The van der Waals surface area contributed by atoms with Gasteiger partial charge >= 0.3 is 0 Å². The molecule has 1 rings (SSSR count). The van der Waals surface area contributed by atoms with Crippen LogP contribution in [0, 0.1) is 17.0 Å². The Kier molecular flexibility index (Phi) is 4.02. The second-order valence-corrected chi connectivity index (χ2v) is 5.28. The molecule has 0 unspecified atom stereocenters. The van der Waals surface area contributed by atoms with Gasteiger partial charge in [-0.05, 0) is 12.5 Å². The Morgan fingerprint density at radius 3 is 2.65 bits per heavy atom. The number of primary sulfonamides is 1. The Labute approximate surface area is 98.8 Å². The molecule has 1 aromatic carbocycles. The summed E-state index contributed by atoms with van der Waals surface area (Å²) < 4.78 is 21.4. The van der Waals surface area contributed by atoms with Gasteiger partial charge in [-0.3, -0.25) is 10.1 Å². The second-order valence-electron chi connectivity index (χ2n) is 3.55. The van der Waals surface area contributed by atoms with Crippen molar-refractivity contribution >= 4 is 21.4 Å². The van der Waals surface area contributed by atoms with Crippen LogP contribution < -0.4 is 10.5 Å². The van der Waals surface area contributed by atoms with Crippen LogP contribution in [0.2, 0.25) is 0 Å². The van der Waals surface area contributed by atoms with Crippen LogP contribution in [0.15, 0.2) is 18.2 Å². The molecule has 7 nitrogen and oxygen atoms in total. The number of nitrogens with one attached hydrogen (secondary N) is 1. The van der Waals surface area contributed by atoms with Gasteiger partial charge in [0.05, 0.1) is 10.7 Å². The Bertz CT molecular complexity index is 527. The van der Waals surface area contributed by atoms with E-state index in [1.54, 1.807) is 13.0 Å². The quantitative estimate of drug-likeness (QED) is 0.593. The van der Waals surface area contributed by atoms with Crippen molar-refractivity contribution in [2.24, 2.45) is 5.14 Å². The number of aryl methyl sites for hydroxylation is 1. The number of nitro benzene ring substituents is 1. The van der Waals surface area contributed by atoms with Gasteiger partial charge in [-0.25, -0.2) is 13.6 Å². The number of benzene rings is 1. The van der Waals surface area contributed by atoms with E-state index < -0.39 is 14.9 Å². The zero-order valence-electron chi connectivity index (χ0n) is 9.21. The Morgan fingerprint density at radius 2 is 2.12 bits per heavy atom. The molecule has 94 valence electrons. The van der Waals surface area contributed by atoms with Gasteiger partial charge in [-0.2, -0.15) is 0 Å². The van der Waals surface area contributed by atoms with E-state index in [1.807, 2.05) is 0 Å². The number of nitrogens with two attached hydrogens (primary N) is 1. The van der Waals surface area contributed by atoms with Gasteiger partial charge in [0, 0.05) is 24.4 Å². The fourth-order valence-corrected chi connectivity index (χ4v) is 1.63. The van der Waals surface area contributed by atoms with Crippen molar-refractivity contribution in [1.29, 1.82) is 0 Å². The molecule has 0 bridgehead atoms. The molecule has 0 saturated heterocycles. The van der Waals surface area contributed by atoms with Gasteiger partial charge in [-0.1, -0.05) is 6.07 Å². The number of nitrogens with zero attached hydrogens (tertiary/aromatic N) is 1. The molecule has 0 atom stereocenters. The third kappa shape index (κ3) is 4.37. The molecule has 8 heteroatoms. The van der Waals surface area contributed by atoms with Crippen LogP contribution in [-0.4, -0.2) is 25.6 Å². The van der Waals surface area contributed by atoms with E-state index in [0.717, 1.165) is 5.56 Å². The molecule has 0 aliphatic rings. The fourth-order valence-electron chi connectivity index (χ4n) is 1.24. The number of hydrogen-bond acceptors (Lipinski definition) is 5. The van der Waals surface area contributed by atoms with E-state index in [9.17, 15) is 18.5 Å². The predicted octanol–water partition coefficient (Wildman–Crippen LogP) is 0.604. The van der Waals surface area contributed by atoms with Crippen molar-refractivity contribution < 1.29 is 13.3 Å². The maximum atomic E-state index is 10.7. The zero-order valence-corrected chi connectivity index (χ0v) is 10.0. The first-order valence-corrected chi connectivity index (χ1v) is 6.50. The first kappa shape index (κ1) is 13.4. The molecular formula is C9H13N3O4S. The number of rotatable bonds is 5. The van der Waals surface area contributed by atoms with E-state index in [4.69, 9.17) is 5.14 Å².